The van der Waals surface area contributed by atoms with E-state index in [0.29, 0.717) is 11.2 Å². The topological polar surface area (TPSA) is 140 Å². The van der Waals surface area contributed by atoms with Crippen LogP contribution in [-0.2, 0) is 4.74 Å². The van der Waals surface area contributed by atoms with E-state index in [0.717, 1.165) is 0 Å². The van der Waals surface area contributed by atoms with Crippen LogP contribution >= 0.6 is 11.6 Å². The summed E-state index contributed by atoms with van der Waals surface area (Å²) in [6, 6.07) is 0. The van der Waals surface area contributed by atoms with Gasteiger partial charge in [-0.05, 0) is 11.6 Å². The summed E-state index contributed by atoms with van der Waals surface area (Å²) >= 11 is 5.81. The normalized spacial score (nSPS) is 32.0. The quantitative estimate of drug-likeness (QED) is 0.543. The summed E-state index contributed by atoms with van der Waals surface area (Å²) in [6.07, 6.45) is -1.30. The molecule has 0 radical (unpaired) electrons. The van der Waals surface area contributed by atoms with E-state index in [1.54, 1.807) is 6.92 Å². The Kier molecular flexibility index (Phi) is 3.69. The number of anilines is 1. The Hall–Kier alpha value is -1.52. The van der Waals surface area contributed by atoms with Crippen molar-refractivity contribution in [1.29, 1.82) is 0 Å². The van der Waals surface area contributed by atoms with Gasteiger partial charge < -0.3 is 25.8 Å². The van der Waals surface area contributed by atoms with Crippen molar-refractivity contribution in [2.75, 3.05) is 18.9 Å². The summed E-state index contributed by atoms with van der Waals surface area (Å²) in [5.74, 6) is 0.116. The summed E-state index contributed by atoms with van der Waals surface area (Å²) in [6.45, 7) is 0.948. The molecule has 1 aliphatic rings. The summed E-state index contributed by atoms with van der Waals surface area (Å²) in [4.78, 5) is 12.0. The molecule has 1 fully saturated rings. The van der Waals surface area contributed by atoms with Gasteiger partial charge in [-0.15, -0.1) is 0 Å². The van der Waals surface area contributed by atoms with Crippen molar-refractivity contribution in [2.24, 2.45) is 5.41 Å². The minimum Gasteiger partial charge on any atom is -0.396 e. The fraction of sp³-hybridized carbons (Fsp3) is 0.583. The zero-order chi connectivity index (χ0) is 16.1. The van der Waals surface area contributed by atoms with Crippen LogP contribution in [0.4, 0.5) is 5.82 Å². The number of hydrogen-bond donors (Lipinski definition) is 4. The molecule has 2 aromatic heterocycles. The van der Waals surface area contributed by atoms with Crippen molar-refractivity contribution < 1.29 is 20.1 Å². The minimum absolute atomic E-state index is 0.0529. The highest BCUT2D eigenvalue weighted by molar-refractivity contribution is 6.28. The third-order valence-electron chi connectivity index (χ3n) is 4.19. The first-order valence-electron chi connectivity index (χ1n) is 6.63. The molecule has 5 N–H and O–H groups in total. The van der Waals surface area contributed by atoms with Crippen LogP contribution in [0.2, 0.25) is 5.28 Å². The van der Waals surface area contributed by atoms with Gasteiger partial charge in [0.1, 0.15) is 11.6 Å². The van der Waals surface area contributed by atoms with Gasteiger partial charge in [-0.2, -0.15) is 9.97 Å². The largest absolute Gasteiger partial charge is 0.396 e. The molecule has 0 aliphatic carbocycles. The molecule has 22 heavy (non-hydrogen) atoms. The number of halogens is 1. The number of nitrogens with two attached hydrogens (primary N) is 1. The van der Waals surface area contributed by atoms with Crippen LogP contribution in [0.3, 0.4) is 0 Å². The molecule has 3 rings (SSSR count). The maximum absolute atomic E-state index is 10.5. The molecule has 0 spiro atoms. The smallest absolute Gasteiger partial charge is 0.226 e. The van der Waals surface area contributed by atoms with Crippen LogP contribution in [0, 0.1) is 5.41 Å². The minimum atomic E-state index is -1.08. The van der Waals surface area contributed by atoms with Gasteiger partial charge >= 0.3 is 0 Å². The lowest BCUT2D eigenvalue weighted by Crippen LogP contribution is -2.42. The van der Waals surface area contributed by atoms with Crippen molar-refractivity contribution in [1.82, 2.24) is 19.5 Å². The van der Waals surface area contributed by atoms with Crippen LogP contribution in [0.5, 0.6) is 0 Å². The molecule has 0 amide bonds. The average Bonchev–Trinajstić information content (AvgIpc) is 3.00. The monoisotopic (exact) mass is 329 g/mol. The van der Waals surface area contributed by atoms with Crippen LogP contribution < -0.4 is 5.73 Å². The summed E-state index contributed by atoms with van der Waals surface area (Å²) in [5, 5.41) is 29.5. The first-order valence-corrected chi connectivity index (χ1v) is 7.01. The fourth-order valence-electron chi connectivity index (χ4n) is 2.68. The van der Waals surface area contributed by atoms with Crippen molar-refractivity contribution in [3.8, 4) is 0 Å². The van der Waals surface area contributed by atoms with E-state index in [-0.39, 0.29) is 24.3 Å². The van der Waals surface area contributed by atoms with Gasteiger partial charge in [0.25, 0.3) is 0 Å². The Morgan fingerprint density at radius 2 is 2.18 bits per heavy atom. The van der Waals surface area contributed by atoms with Crippen molar-refractivity contribution in [3.63, 3.8) is 0 Å². The highest BCUT2D eigenvalue weighted by Gasteiger charge is 2.53. The number of hydrogen-bond acceptors (Lipinski definition) is 8. The number of fused-ring (bicyclic) bond motifs is 1. The zero-order valence-corrected chi connectivity index (χ0v) is 12.5. The number of aliphatic hydroxyl groups is 3. The molecule has 0 aromatic carbocycles. The summed E-state index contributed by atoms with van der Waals surface area (Å²) in [5.41, 5.74) is 5.36. The Labute approximate surface area is 130 Å². The standard InChI is InChI=1S/C12H16ClN5O4/c1-12(3-20)5(2-19)22-10(7(12)21)18-4-15-6-8(14)16-11(13)17-9(6)18/h4-5,7,10,19-21H,2-3H2,1H3,(H2,14,16,17)/t5-,7+,10-,12-/m1/s1. The fourth-order valence-corrected chi connectivity index (χ4v) is 2.85. The molecule has 0 unspecified atom stereocenters. The molecule has 0 saturated carbocycles. The van der Waals surface area contributed by atoms with Crippen LogP contribution in [0.15, 0.2) is 6.33 Å². The van der Waals surface area contributed by atoms with E-state index >= 15 is 0 Å². The Bertz CT molecular complexity index is 710. The number of aliphatic hydroxyl groups excluding tert-OH is 3. The molecule has 9 nitrogen and oxygen atoms in total. The number of nitrogen functional groups attached to an aromatic ring is 1. The van der Waals surface area contributed by atoms with Gasteiger partial charge in [0.2, 0.25) is 5.28 Å². The van der Waals surface area contributed by atoms with Crippen LogP contribution in [0.25, 0.3) is 11.2 Å². The van der Waals surface area contributed by atoms with Gasteiger partial charge in [0.15, 0.2) is 17.7 Å². The molecule has 4 atom stereocenters. The van der Waals surface area contributed by atoms with Gasteiger partial charge in [0.05, 0.1) is 25.6 Å². The highest BCUT2D eigenvalue weighted by atomic mass is 35.5. The van der Waals surface area contributed by atoms with E-state index in [2.05, 4.69) is 15.0 Å². The third-order valence-corrected chi connectivity index (χ3v) is 4.36. The predicted molar refractivity (Wildman–Crippen MR) is 76.9 cm³/mol. The second kappa shape index (κ2) is 5.28. The first kappa shape index (κ1) is 15.4. The van der Waals surface area contributed by atoms with Crippen LogP contribution in [-0.4, -0.2) is 60.3 Å². The number of ether oxygens (including phenoxy) is 1. The van der Waals surface area contributed by atoms with Crippen molar-refractivity contribution >= 4 is 28.6 Å². The summed E-state index contributed by atoms with van der Waals surface area (Å²) < 4.78 is 7.15. The Balaban J connectivity index is 2.09. The second-order valence-corrected chi connectivity index (χ2v) is 5.85. The third kappa shape index (κ3) is 2.05. The van der Waals surface area contributed by atoms with Crippen LogP contribution in [0.1, 0.15) is 13.2 Å². The number of imidazole rings is 1. The molecular weight excluding hydrogens is 314 g/mol. The highest BCUT2D eigenvalue weighted by Crippen LogP contribution is 2.43. The Morgan fingerprint density at radius 1 is 1.45 bits per heavy atom. The van der Waals surface area contributed by atoms with Gasteiger partial charge in [-0.25, -0.2) is 4.98 Å². The van der Waals surface area contributed by atoms with E-state index < -0.39 is 23.9 Å². The summed E-state index contributed by atoms with van der Waals surface area (Å²) in [7, 11) is 0. The SMILES string of the molecule is C[C@@]1(CO)[C@@H](CO)O[C@@H](n2cnc3c(N)nc(Cl)nc32)[C@@H]1O. The lowest BCUT2D eigenvalue weighted by Gasteiger charge is -2.29. The van der Waals surface area contributed by atoms with Crippen molar-refractivity contribution in [3.05, 3.63) is 11.6 Å². The van der Waals surface area contributed by atoms with Gasteiger partial charge in [-0.1, -0.05) is 6.92 Å². The number of nitrogens with zero attached hydrogens (tertiary/aromatic N) is 4. The number of rotatable bonds is 3. The molecule has 1 saturated heterocycles. The number of aromatic nitrogens is 4. The zero-order valence-electron chi connectivity index (χ0n) is 11.7. The lowest BCUT2D eigenvalue weighted by molar-refractivity contribution is -0.0539. The van der Waals surface area contributed by atoms with E-state index in [9.17, 15) is 15.3 Å². The molecule has 1 aliphatic heterocycles. The maximum Gasteiger partial charge on any atom is 0.226 e. The van der Waals surface area contributed by atoms with Gasteiger partial charge in [-0.3, -0.25) is 4.57 Å². The molecule has 10 heteroatoms. The van der Waals surface area contributed by atoms with Gasteiger partial charge in [0, 0.05) is 5.41 Å². The van der Waals surface area contributed by atoms with E-state index in [4.69, 9.17) is 22.1 Å². The molecule has 3 heterocycles. The van der Waals surface area contributed by atoms with Crippen molar-refractivity contribution in [2.45, 2.75) is 25.4 Å². The second-order valence-electron chi connectivity index (χ2n) is 5.51. The maximum atomic E-state index is 10.5. The predicted octanol–water partition coefficient (Wildman–Crippen LogP) is -0.689. The van der Waals surface area contributed by atoms with E-state index in [1.807, 2.05) is 0 Å². The molecule has 2 aromatic rings. The first-order chi connectivity index (χ1) is 10.4. The molecular formula is C12H16ClN5O4. The van der Waals surface area contributed by atoms with E-state index in [1.165, 1.54) is 10.9 Å². The molecule has 0 bridgehead atoms. The average molecular weight is 330 g/mol. The molecule has 120 valence electrons. The lowest BCUT2D eigenvalue weighted by atomic mass is 9.81. The Morgan fingerprint density at radius 3 is 2.77 bits per heavy atom.